The number of nitrogens with zero attached hydrogens (tertiary/aromatic N) is 1. The molecule has 0 aromatic heterocycles. The number of carbonyl (C=O) groups is 2. The minimum Gasteiger partial charge on any atom is -0.505 e. The molecule has 1 aromatic rings. The molecule has 0 saturated carbocycles. The third-order valence-electron chi connectivity index (χ3n) is 7.18. The first-order chi connectivity index (χ1) is 19.4. The summed E-state index contributed by atoms with van der Waals surface area (Å²) in [6.45, 7) is 7.04. The second kappa shape index (κ2) is 15.3. The van der Waals surface area contributed by atoms with Gasteiger partial charge in [-0.05, 0) is 49.4 Å². The molecule has 0 radical (unpaired) electrons. The van der Waals surface area contributed by atoms with Crippen molar-refractivity contribution in [2.45, 2.75) is 65.0 Å². The van der Waals surface area contributed by atoms with Gasteiger partial charge in [0.15, 0.2) is 6.10 Å². The molecule has 0 spiro atoms. The van der Waals surface area contributed by atoms with Crippen LogP contribution in [0.1, 0.15) is 39.7 Å². The van der Waals surface area contributed by atoms with Gasteiger partial charge in [-0.1, -0.05) is 38.2 Å². The third-order valence-corrected chi connectivity index (χ3v) is 7.18. The zero-order valence-corrected chi connectivity index (χ0v) is 24.6. The number of anilines is 2. The van der Waals surface area contributed by atoms with Gasteiger partial charge in [-0.15, -0.1) is 4.91 Å². The number of methoxy groups -OCH3 is 2. The summed E-state index contributed by atoms with van der Waals surface area (Å²) in [5, 5.41) is 31.0. The highest BCUT2D eigenvalue weighted by atomic mass is 16.6. The van der Waals surface area contributed by atoms with Crippen LogP contribution >= 0.6 is 0 Å². The van der Waals surface area contributed by atoms with E-state index in [1.54, 1.807) is 39.1 Å². The fourth-order valence-electron chi connectivity index (χ4n) is 4.96. The number of nitrogens with two attached hydrogens (primary N) is 1. The van der Waals surface area contributed by atoms with Crippen LogP contribution in [0.5, 0.6) is 5.75 Å². The van der Waals surface area contributed by atoms with Crippen LogP contribution in [-0.2, 0) is 25.4 Å². The average molecular weight is 575 g/mol. The number of fused-ring (bicyclic) bond motifs is 2. The normalized spacial score (nSPS) is 29.7. The molecule has 2 amide bonds. The molecule has 0 saturated heterocycles. The van der Waals surface area contributed by atoms with Gasteiger partial charge in [-0.25, -0.2) is 4.79 Å². The van der Waals surface area contributed by atoms with Gasteiger partial charge < -0.3 is 40.8 Å². The number of benzene rings is 1. The predicted molar refractivity (Wildman–Crippen MR) is 157 cm³/mol. The van der Waals surface area contributed by atoms with E-state index >= 15 is 0 Å². The average Bonchev–Trinajstić information content (AvgIpc) is 2.93. The number of primary amides is 1. The molecular formula is C29H42N4O8. The van der Waals surface area contributed by atoms with E-state index in [0.29, 0.717) is 23.2 Å². The molecular weight excluding hydrogens is 532 g/mol. The molecule has 0 fully saturated rings. The predicted octanol–water partition coefficient (Wildman–Crippen LogP) is 4.29. The van der Waals surface area contributed by atoms with Crippen molar-refractivity contribution in [3.63, 3.8) is 0 Å². The first kappa shape index (κ1) is 33.5. The van der Waals surface area contributed by atoms with Gasteiger partial charge in [0.1, 0.15) is 17.5 Å². The Morgan fingerprint density at radius 2 is 1.90 bits per heavy atom. The van der Waals surface area contributed by atoms with Crippen molar-refractivity contribution in [1.29, 1.82) is 0 Å². The number of hydrogen-bond donors (Lipinski definition) is 5. The van der Waals surface area contributed by atoms with E-state index in [0.717, 1.165) is 0 Å². The SMILES string of the molecule is CNc1c(N=O)cc2c(O)c1C[C@@H](C)C[C@H](OC)[C@H](O)[C@@H](C)/C=C(\C)[C@H](OC(N)=O)[C@@H](OC)/C=C\C=C(/C)C(=O)N2. The number of allylic oxidation sites excluding steroid dienone is 2. The molecule has 1 heterocycles. The fourth-order valence-corrected chi connectivity index (χ4v) is 4.96. The Hall–Kier alpha value is -3.74. The molecule has 2 rings (SSSR count). The number of aliphatic hydroxyl groups is 1. The third kappa shape index (κ3) is 8.62. The molecule has 2 bridgehead atoms. The Morgan fingerprint density at radius 3 is 2.46 bits per heavy atom. The molecule has 41 heavy (non-hydrogen) atoms. The summed E-state index contributed by atoms with van der Waals surface area (Å²) in [6, 6.07) is 1.30. The lowest BCUT2D eigenvalue weighted by molar-refractivity contribution is -0.112. The van der Waals surface area contributed by atoms with Gasteiger partial charge in [0, 0.05) is 38.3 Å². The van der Waals surface area contributed by atoms with E-state index in [2.05, 4.69) is 15.8 Å². The highest BCUT2D eigenvalue weighted by Crippen LogP contribution is 2.43. The molecule has 1 aliphatic heterocycles. The monoisotopic (exact) mass is 574 g/mol. The van der Waals surface area contributed by atoms with Crippen molar-refractivity contribution in [2.24, 2.45) is 22.7 Å². The van der Waals surface area contributed by atoms with Crippen molar-refractivity contribution in [1.82, 2.24) is 0 Å². The molecule has 0 unspecified atom stereocenters. The number of nitrogens with one attached hydrogen (secondary N) is 2. The highest BCUT2D eigenvalue weighted by Gasteiger charge is 2.30. The van der Waals surface area contributed by atoms with Crippen LogP contribution in [0.25, 0.3) is 0 Å². The minimum atomic E-state index is -0.994. The zero-order chi connectivity index (χ0) is 30.9. The topological polar surface area (TPSA) is 182 Å². The number of nitroso groups, excluding NO2 is 1. The van der Waals surface area contributed by atoms with Crippen molar-refractivity contribution in [3.8, 4) is 5.75 Å². The van der Waals surface area contributed by atoms with Crippen LogP contribution in [0.15, 0.2) is 46.7 Å². The Balaban J connectivity index is 2.69. The standard InChI is InChI=1S/C29H42N4O8/c1-15-11-19-24(31-5)20(33-38)14-21(26(19)35)32-28(36)16(2)9-8-10-22(39-6)27(41-29(30)37)18(4)13-17(3)25(34)23(12-15)40-7/h8-10,13-15,17,22-23,25,27,31,34-35H,11-12H2,1-7H3,(H2,30,37)(H,32,36)/b10-8-,16-9+,18-13+/t15-,17+,22+,23+,25-,27+/m1/s1. The minimum absolute atomic E-state index is 0.0243. The lowest BCUT2D eigenvalue weighted by atomic mass is 9.87. The number of amides is 2. The van der Waals surface area contributed by atoms with Crippen molar-refractivity contribution < 1.29 is 34.0 Å². The number of phenolic OH excluding ortho intramolecular Hbond substituents is 1. The molecule has 6 N–H and O–H groups in total. The van der Waals surface area contributed by atoms with E-state index in [9.17, 15) is 24.7 Å². The van der Waals surface area contributed by atoms with Crippen LogP contribution in [0.2, 0.25) is 0 Å². The maximum absolute atomic E-state index is 13.0. The van der Waals surface area contributed by atoms with Crippen LogP contribution in [0.4, 0.5) is 21.9 Å². The number of ether oxygens (including phenoxy) is 3. The first-order valence-electron chi connectivity index (χ1n) is 13.3. The number of rotatable bonds is 5. The number of carbonyl (C=O) groups excluding carboxylic acids is 2. The van der Waals surface area contributed by atoms with Gasteiger partial charge in [-0.2, -0.15) is 0 Å². The van der Waals surface area contributed by atoms with Crippen LogP contribution in [-0.4, -0.2) is 67.9 Å². The number of aromatic hydroxyl groups is 1. The maximum atomic E-state index is 13.0. The van der Waals surface area contributed by atoms with Gasteiger partial charge in [0.2, 0.25) is 0 Å². The highest BCUT2D eigenvalue weighted by molar-refractivity contribution is 6.05. The van der Waals surface area contributed by atoms with Gasteiger partial charge >= 0.3 is 6.09 Å². The first-order valence-corrected chi connectivity index (χ1v) is 13.3. The molecule has 6 atom stereocenters. The van der Waals surface area contributed by atoms with Crippen molar-refractivity contribution >= 4 is 29.1 Å². The number of hydrogen-bond acceptors (Lipinski definition) is 10. The van der Waals surface area contributed by atoms with Gasteiger partial charge in [-0.3, -0.25) is 4.79 Å². The second-order valence-corrected chi connectivity index (χ2v) is 10.3. The Kier molecular flexibility index (Phi) is 12.5. The summed E-state index contributed by atoms with van der Waals surface area (Å²) in [6.07, 6.45) is 2.93. The largest absolute Gasteiger partial charge is 0.505 e. The summed E-state index contributed by atoms with van der Waals surface area (Å²) in [5.74, 6) is -1.29. The molecule has 0 aliphatic carbocycles. The Morgan fingerprint density at radius 1 is 1.22 bits per heavy atom. The van der Waals surface area contributed by atoms with E-state index < -0.39 is 42.3 Å². The van der Waals surface area contributed by atoms with Crippen LogP contribution < -0.4 is 16.4 Å². The quantitative estimate of drug-likeness (QED) is 0.195. The molecule has 12 heteroatoms. The summed E-state index contributed by atoms with van der Waals surface area (Å²) < 4.78 is 16.6. The zero-order valence-electron chi connectivity index (χ0n) is 24.6. The summed E-state index contributed by atoms with van der Waals surface area (Å²) in [4.78, 5) is 36.4. The van der Waals surface area contributed by atoms with Gasteiger partial charge in [0.05, 0.1) is 23.6 Å². The summed E-state index contributed by atoms with van der Waals surface area (Å²) >= 11 is 0. The molecule has 1 aliphatic rings. The van der Waals surface area contributed by atoms with E-state index in [-0.39, 0.29) is 35.0 Å². The van der Waals surface area contributed by atoms with Crippen molar-refractivity contribution in [2.75, 3.05) is 31.9 Å². The smallest absolute Gasteiger partial charge is 0.405 e. The van der Waals surface area contributed by atoms with Crippen LogP contribution in [0, 0.1) is 16.7 Å². The second-order valence-electron chi connectivity index (χ2n) is 10.3. The lowest BCUT2D eigenvalue weighted by Gasteiger charge is -2.29. The van der Waals surface area contributed by atoms with Crippen molar-refractivity contribution in [3.05, 3.63) is 52.0 Å². The van der Waals surface area contributed by atoms with Crippen LogP contribution in [0.3, 0.4) is 0 Å². The summed E-state index contributed by atoms with van der Waals surface area (Å²) in [7, 11) is 4.55. The fraction of sp³-hybridized carbons (Fsp3) is 0.517. The number of phenols is 1. The Labute approximate surface area is 240 Å². The van der Waals surface area contributed by atoms with Gasteiger partial charge in [0.25, 0.3) is 5.91 Å². The molecule has 12 nitrogen and oxygen atoms in total. The van der Waals surface area contributed by atoms with E-state index in [4.69, 9.17) is 19.9 Å². The lowest BCUT2D eigenvalue weighted by Crippen LogP contribution is -2.37. The molecule has 226 valence electrons. The van der Waals surface area contributed by atoms with E-state index in [1.165, 1.54) is 26.4 Å². The number of aliphatic hydroxyl groups excluding tert-OH is 1. The maximum Gasteiger partial charge on any atom is 0.405 e. The molecule has 1 aromatic carbocycles. The Bertz CT molecular complexity index is 1200. The van der Waals surface area contributed by atoms with E-state index in [1.807, 2.05) is 13.8 Å². The summed E-state index contributed by atoms with van der Waals surface area (Å²) in [5.41, 5.74) is 7.01.